The standard InChI is InChI=1S/C15H20N2O/c1-12(2)15(18)14-8-10-16-17(14)11-9-13-6-4-3-5-7-13/h3-8,10,12,15,18H,9,11H2,1-2H3/t15-/m0/s1. The summed E-state index contributed by atoms with van der Waals surface area (Å²) < 4.78 is 1.90. The Kier molecular flexibility index (Phi) is 4.15. The van der Waals surface area contributed by atoms with E-state index in [0.29, 0.717) is 0 Å². The lowest BCUT2D eigenvalue weighted by molar-refractivity contribution is 0.117. The van der Waals surface area contributed by atoms with E-state index in [1.807, 2.05) is 42.8 Å². The highest BCUT2D eigenvalue weighted by molar-refractivity contribution is 5.15. The van der Waals surface area contributed by atoms with Gasteiger partial charge in [0.1, 0.15) is 0 Å². The smallest absolute Gasteiger partial charge is 0.0979 e. The van der Waals surface area contributed by atoms with Gasteiger partial charge in [-0.25, -0.2) is 0 Å². The van der Waals surface area contributed by atoms with Crippen molar-refractivity contribution < 1.29 is 5.11 Å². The normalized spacial score (nSPS) is 12.9. The van der Waals surface area contributed by atoms with Crippen LogP contribution in [0.3, 0.4) is 0 Å². The second-order valence-electron chi connectivity index (χ2n) is 4.90. The van der Waals surface area contributed by atoms with Gasteiger partial charge in [-0.2, -0.15) is 5.10 Å². The fraction of sp³-hybridized carbons (Fsp3) is 0.400. The van der Waals surface area contributed by atoms with Gasteiger partial charge in [-0.05, 0) is 24.0 Å². The van der Waals surface area contributed by atoms with Gasteiger partial charge in [0.15, 0.2) is 0 Å². The van der Waals surface area contributed by atoms with E-state index < -0.39 is 6.10 Å². The summed E-state index contributed by atoms with van der Waals surface area (Å²) in [5, 5.41) is 14.4. The number of nitrogens with zero attached hydrogens (tertiary/aromatic N) is 2. The molecule has 0 fully saturated rings. The van der Waals surface area contributed by atoms with Crippen LogP contribution >= 0.6 is 0 Å². The molecule has 1 N–H and O–H groups in total. The SMILES string of the molecule is CC(C)[C@H](O)c1ccnn1CCc1ccccc1. The van der Waals surface area contributed by atoms with Crippen LogP contribution in [0.2, 0.25) is 0 Å². The summed E-state index contributed by atoms with van der Waals surface area (Å²) in [7, 11) is 0. The zero-order chi connectivity index (χ0) is 13.0. The second-order valence-corrected chi connectivity index (χ2v) is 4.90. The van der Waals surface area contributed by atoms with E-state index in [9.17, 15) is 5.11 Å². The van der Waals surface area contributed by atoms with Gasteiger partial charge < -0.3 is 5.11 Å². The predicted molar refractivity (Wildman–Crippen MR) is 72.2 cm³/mol. The maximum absolute atomic E-state index is 10.1. The fourth-order valence-corrected chi connectivity index (χ4v) is 2.00. The van der Waals surface area contributed by atoms with Crippen molar-refractivity contribution in [1.29, 1.82) is 0 Å². The van der Waals surface area contributed by atoms with E-state index >= 15 is 0 Å². The molecule has 0 bridgehead atoms. The molecule has 96 valence electrons. The number of aromatic nitrogens is 2. The lowest BCUT2D eigenvalue weighted by atomic mass is 10.0. The molecule has 1 heterocycles. The van der Waals surface area contributed by atoms with E-state index in [0.717, 1.165) is 18.7 Å². The Morgan fingerprint density at radius 1 is 1.17 bits per heavy atom. The molecular formula is C15H20N2O. The van der Waals surface area contributed by atoms with Gasteiger partial charge >= 0.3 is 0 Å². The van der Waals surface area contributed by atoms with Crippen molar-refractivity contribution in [2.24, 2.45) is 5.92 Å². The molecule has 18 heavy (non-hydrogen) atoms. The van der Waals surface area contributed by atoms with E-state index in [2.05, 4.69) is 17.2 Å². The number of hydrogen-bond donors (Lipinski definition) is 1. The molecular weight excluding hydrogens is 224 g/mol. The van der Waals surface area contributed by atoms with Crippen molar-refractivity contribution in [3.05, 3.63) is 53.9 Å². The summed E-state index contributed by atoms with van der Waals surface area (Å²) in [6.45, 7) is 4.83. The Balaban J connectivity index is 2.04. The molecule has 0 spiro atoms. The van der Waals surface area contributed by atoms with Crippen LogP contribution in [0.15, 0.2) is 42.6 Å². The summed E-state index contributed by atoms with van der Waals surface area (Å²) in [6, 6.07) is 12.2. The first-order valence-electron chi connectivity index (χ1n) is 6.42. The maximum Gasteiger partial charge on any atom is 0.0979 e. The topological polar surface area (TPSA) is 38.1 Å². The molecule has 0 saturated carbocycles. The van der Waals surface area contributed by atoms with E-state index in [-0.39, 0.29) is 5.92 Å². The maximum atomic E-state index is 10.1. The van der Waals surface area contributed by atoms with Gasteiger partial charge in [0.05, 0.1) is 11.8 Å². The lowest BCUT2D eigenvalue weighted by Gasteiger charge is -2.16. The van der Waals surface area contributed by atoms with Gasteiger partial charge in [-0.1, -0.05) is 44.2 Å². The van der Waals surface area contributed by atoms with Crippen LogP contribution in [0.25, 0.3) is 0 Å². The molecule has 0 saturated heterocycles. The summed E-state index contributed by atoms with van der Waals surface area (Å²) >= 11 is 0. The minimum absolute atomic E-state index is 0.206. The Morgan fingerprint density at radius 2 is 1.89 bits per heavy atom. The van der Waals surface area contributed by atoms with Crippen molar-refractivity contribution in [2.45, 2.75) is 32.9 Å². The summed E-state index contributed by atoms with van der Waals surface area (Å²) in [6.07, 6.45) is 2.25. The van der Waals surface area contributed by atoms with Crippen molar-refractivity contribution in [3.8, 4) is 0 Å². The van der Waals surface area contributed by atoms with Crippen LogP contribution < -0.4 is 0 Å². The van der Waals surface area contributed by atoms with Crippen LogP contribution in [0.5, 0.6) is 0 Å². The zero-order valence-electron chi connectivity index (χ0n) is 11.0. The molecule has 1 aromatic heterocycles. The van der Waals surface area contributed by atoms with Gasteiger partial charge in [-0.3, -0.25) is 4.68 Å². The molecule has 0 unspecified atom stereocenters. The highest BCUT2D eigenvalue weighted by Gasteiger charge is 2.16. The number of rotatable bonds is 5. The monoisotopic (exact) mass is 244 g/mol. The Hall–Kier alpha value is -1.61. The van der Waals surface area contributed by atoms with E-state index in [1.54, 1.807) is 6.20 Å². The molecule has 3 nitrogen and oxygen atoms in total. The number of aliphatic hydroxyl groups is 1. The van der Waals surface area contributed by atoms with E-state index in [4.69, 9.17) is 0 Å². The van der Waals surface area contributed by atoms with Crippen LogP contribution in [-0.2, 0) is 13.0 Å². The Bertz CT molecular complexity index is 476. The third kappa shape index (κ3) is 2.99. The van der Waals surface area contributed by atoms with Crippen molar-refractivity contribution in [3.63, 3.8) is 0 Å². The van der Waals surface area contributed by atoms with Gasteiger partial charge in [-0.15, -0.1) is 0 Å². The number of aryl methyl sites for hydroxylation is 2. The third-order valence-corrected chi connectivity index (χ3v) is 3.14. The molecule has 0 amide bonds. The molecule has 0 radical (unpaired) electrons. The van der Waals surface area contributed by atoms with Gasteiger partial charge in [0.25, 0.3) is 0 Å². The molecule has 0 aliphatic heterocycles. The van der Waals surface area contributed by atoms with Gasteiger partial charge in [0.2, 0.25) is 0 Å². The summed E-state index contributed by atoms with van der Waals surface area (Å²) in [5.41, 5.74) is 2.19. The average molecular weight is 244 g/mol. The number of benzene rings is 1. The van der Waals surface area contributed by atoms with Crippen molar-refractivity contribution in [1.82, 2.24) is 9.78 Å². The van der Waals surface area contributed by atoms with Crippen LogP contribution in [0.4, 0.5) is 0 Å². The molecule has 3 heteroatoms. The Labute approximate surface area is 108 Å². The largest absolute Gasteiger partial charge is 0.387 e. The number of hydrogen-bond acceptors (Lipinski definition) is 2. The predicted octanol–water partition coefficient (Wildman–Crippen LogP) is 2.82. The fourth-order valence-electron chi connectivity index (χ4n) is 2.00. The third-order valence-electron chi connectivity index (χ3n) is 3.14. The molecule has 2 aromatic rings. The van der Waals surface area contributed by atoms with Crippen molar-refractivity contribution in [2.75, 3.05) is 0 Å². The molecule has 0 aliphatic rings. The molecule has 1 atom stereocenters. The first-order valence-corrected chi connectivity index (χ1v) is 6.42. The minimum atomic E-state index is -0.441. The summed E-state index contributed by atoms with van der Waals surface area (Å²) in [5.74, 6) is 0.206. The van der Waals surface area contributed by atoms with Gasteiger partial charge in [0, 0.05) is 12.7 Å². The van der Waals surface area contributed by atoms with Crippen molar-refractivity contribution >= 4 is 0 Å². The minimum Gasteiger partial charge on any atom is -0.387 e. The molecule has 2 rings (SSSR count). The first kappa shape index (κ1) is 12.8. The average Bonchev–Trinajstić information content (AvgIpc) is 2.84. The zero-order valence-corrected chi connectivity index (χ0v) is 11.0. The molecule has 0 aliphatic carbocycles. The quantitative estimate of drug-likeness (QED) is 0.878. The van der Waals surface area contributed by atoms with E-state index in [1.165, 1.54) is 5.56 Å². The van der Waals surface area contributed by atoms with Crippen LogP contribution in [0, 0.1) is 5.92 Å². The first-order chi connectivity index (χ1) is 8.68. The van der Waals surface area contributed by atoms with Crippen LogP contribution in [0.1, 0.15) is 31.2 Å². The molecule has 1 aromatic carbocycles. The van der Waals surface area contributed by atoms with Crippen LogP contribution in [-0.4, -0.2) is 14.9 Å². The summed E-state index contributed by atoms with van der Waals surface area (Å²) in [4.78, 5) is 0. The second kappa shape index (κ2) is 5.83. The Morgan fingerprint density at radius 3 is 2.56 bits per heavy atom. The lowest BCUT2D eigenvalue weighted by Crippen LogP contribution is -2.14. The highest BCUT2D eigenvalue weighted by Crippen LogP contribution is 2.20. The number of aliphatic hydroxyl groups excluding tert-OH is 1. The highest BCUT2D eigenvalue weighted by atomic mass is 16.3.